The Hall–Kier alpha value is -2.67. The third kappa shape index (κ3) is 2.14. The molecule has 0 unspecified atom stereocenters. The number of rotatable bonds is 2. The number of aryl methyl sites for hydroxylation is 1. The molecule has 0 aliphatic carbocycles. The van der Waals surface area contributed by atoms with Gasteiger partial charge in [-0.1, -0.05) is 12.1 Å². The van der Waals surface area contributed by atoms with Crippen LogP contribution in [0.3, 0.4) is 0 Å². The van der Waals surface area contributed by atoms with E-state index in [0.717, 1.165) is 22.4 Å². The molecule has 1 heterocycles. The molecule has 0 saturated carbocycles. The Balaban J connectivity index is 2.01. The maximum Gasteiger partial charge on any atom is 0.123 e. The first-order valence-electron chi connectivity index (χ1n) is 6.27. The topological polar surface area (TPSA) is 41.6 Å². The maximum absolute atomic E-state index is 12.9. The highest BCUT2D eigenvalue weighted by Crippen LogP contribution is 2.18. The molecule has 2 aromatic carbocycles. The van der Waals surface area contributed by atoms with Crippen LogP contribution in [0.1, 0.15) is 17.0 Å². The second-order valence-corrected chi connectivity index (χ2v) is 4.71. The lowest BCUT2D eigenvalue weighted by molar-refractivity contribution is 0.627. The van der Waals surface area contributed by atoms with E-state index in [4.69, 9.17) is 5.26 Å². The number of hydrogen-bond donors (Lipinski definition) is 0. The van der Waals surface area contributed by atoms with Crippen LogP contribution in [0.2, 0.25) is 0 Å². The predicted molar refractivity (Wildman–Crippen MR) is 74.6 cm³/mol. The predicted octanol–water partition coefficient (Wildman–Crippen LogP) is 3.17. The van der Waals surface area contributed by atoms with Gasteiger partial charge in [0, 0.05) is 13.5 Å². The van der Waals surface area contributed by atoms with E-state index in [1.165, 1.54) is 12.1 Å². The Morgan fingerprint density at radius 3 is 2.65 bits per heavy atom. The van der Waals surface area contributed by atoms with Gasteiger partial charge in [-0.15, -0.1) is 0 Å². The zero-order valence-corrected chi connectivity index (χ0v) is 11.0. The van der Waals surface area contributed by atoms with Gasteiger partial charge in [-0.3, -0.25) is 0 Å². The molecule has 4 heteroatoms. The molecule has 0 atom stereocenters. The van der Waals surface area contributed by atoms with E-state index >= 15 is 0 Å². The van der Waals surface area contributed by atoms with Gasteiger partial charge in [0.2, 0.25) is 0 Å². The molecular formula is C16H12FN3. The van der Waals surface area contributed by atoms with Crippen LogP contribution in [0.4, 0.5) is 4.39 Å². The smallest absolute Gasteiger partial charge is 0.123 e. The Labute approximate surface area is 115 Å². The van der Waals surface area contributed by atoms with Gasteiger partial charge in [-0.2, -0.15) is 5.26 Å². The van der Waals surface area contributed by atoms with Crippen molar-refractivity contribution in [3.63, 3.8) is 0 Å². The number of nitriles is 1. The molecule has 98 valence electrons. The number of nitrogens with zero attached hydrogens (tertiary/aromatic N) is 3. The molecule has 0 aliphatic heterocycles. The Bertz CT molecular complexity index is 810. The van der Waals surface area contributed by atoms with Crippen molar-refractivity contribution in [1.29, 1.82) is 5.26 Å². The first kappa shape index (κ1) is 12.4. The minimum Gasteiger partial charge on any atom is -0.331 e. The van der Waals surface area contributed by atoms with Crippen molar-refractivity contribution in [2.45, 2.75) is 6.42 Å². The van der Waals surface area contributed by atoms with Crippen molar-refractivity contribution < 1.29 is 4.39 Å². The number of fused-ring (bicyclic) bond motifs is 1. The van der Waals surface area contributed by atoms with Crippen molar-refractivity contribution in [2.24, 2.45) is 7.05 Å². The van der Waals surface area contributed by atoms with E-state index in [9.17, 15) is 4.39 Å². The minimum absolute atomic E-state index is 0.239. The largest absolute Gasteiger partial charge is 0.331 e. The number of halogens is 1. The molecule has 3 aromatic rings. The van der Waals surface area contributed by atoms with Gasteiger partial charge >= 0.3 is 0 Å². The van der Waals surface area contributed by atoms with E-state index in [1.54, 1.807) is 24.3 Å². The van der Waals surface area contributed by atoms with Gasteiger partial charge in [-0.05, 0) is 35.9 Å². The zero-order valence-electron chi connectivity index (χ0n) is 11.0. The van der Waals surface area contributed by atoms with Gasteiger partial charge in [-0.25, -0.2) is 9.37 Å². The lowest BCUT2D eigenvalue weighted by Gasteiger charge is -2.02. The SMILES string of the molecule is Cn1c(Cc2ccc(F)cc2)nc2cc(C#N)ccc21. The van der Waals surface area contributed by atoms with E-state index in [0.29, 0.717) is 12.0 Å². The third-order valence-corrected chi connectivity index (χ3v) is 3.38. The average molecular weight is 265 g/mol. The Morgan fingerprint density at radius 1 is 1.20 bits per heavy atom. The molecule has 20 heavy (non-hydrogen) atoms. The number of hydrogen-bond acceptors (Lipinski definition) is 2. The minimum atomic E-state index is -0.239. The first-order chi connectivity index (χ1) is 9.67. The lowest BCUT2D eigenvalue weighted by Crippen LogP contribution is -1.99. The molecule has 0 amide bonds. The van der Waals surface area contributed by atoms with Crippen LogP contribution in [0.25, 0.3) is 11.0 Å². The Kier molecular flexibility index (Phi) is 2.96. The van der Waals surface area contributed by atoms with Crippen molar-refractivity contribution in [2.75, 3.05) is 0 Å². The third-order valence-electron chi connectivity index (χ3n) is 3.38. The highest BCUT2D eigenvalue weighted by atomic mass is 19.1. The van der Waals surface area contributed by atoms with Gasteiger partial charge in [0.25, 0.3) is 0 Å². The van der Waals surface area contributed by atoms with Gasteiger partial charge < -0.3 is 4.57 Å². The first-order valence-corrected chi connectivity index (χ1v) is 6.27. The van der Waals surface area contributed by atoms with Crippen molar-refractivity contribution in [1.82, 2.24) is 9.55 Å². The Morgan fingerprint density at radius 2 is 1.95 bits per heavy atom. The molecular weight excluding hydrogens is 253 g/mol. The molecule has 0 spiro atoms. The molecule has 0 bridgehead atoms. The molecule has 0 fully saturated rings. The summed E-state index contributed by atoms with van der Waals surface area (Å²) in [6.07, 6.45) is 0.632. The molecule has 3 nitrogen and oxygen atoms in total. The van der Waals surface area contributed by atoms with Crippen LogP contribution in [0.5, 0.6) is 0 Å². The molecule has 0 aliphatic rings. The summed E-state index contributed by atoms with van der Waals surface area (Å²) in [5, 5.41) is 8.91. The summed E-state index contributed by atoms with van der Waals surface area (Å²) in [6.45, 7) is 0. The van der Waals surface area contributed by atoms with E-state index in [2.05, 4.69) is 11.1 Å². The monoisotopic (exact) mass is 265 g/mol. The van der Waals surface area contributed by atoms with Crippen LogP contribution in [-0.2, 0) is 13.5 Å². The van der Waals surface area contributed by atoms with Crippen LogP contribution >= 0.6 is 0 Å². The van der Waals surface area contributed by atoms with Gasteiger partial charge in [0.1, 0.15) is 11.6 Å². The summed E-state index contributed by atoms with van der Waals surface area (Å²) >= 11 is 0. The normalized spacial score (nSPS) is 10.7. The fraction of sp³-hybridized carbons (Fsp3) is 0.125. The fourth-order valence-corrected chi connectivity index (χ4v) is 2.26. The van der Waals surface area contributed by atoms with Gasteiger partial charge in [0.15, 0.2) is 0 Å². The summed E-state index contributed by atoms with van der Waals surface area (Å²) in [4.78, 5) is 4.56. The lowest BCUT2D eigenvalue weighted by atomic mass is 10.1. The summed E-state index contributed by atoms with van der Waals surface area (Å²) in [6, 6.07) is 14.0. The number of aromatic nitrogens is 2. The summed E-state index contributed by atoms with van der Waals surface area (Å²) in [5.74, 6) is 0.652. The standard InChI is InChI=1S/C16H12FN3/c1-20-15-7-4-12(10-18)8-14(15)19-16(20)9-11-2-5-13(17)6-3-11/h2-8H,9H2,1H3. The average Bonchev–Trinajstić information content (AvgIpc) is 2.77. The molecule has 0 saturated heterocycles. The highest BCUT2D eigenvalue weighted by molar-refractivity contribution is 5.77. The maximum atomic E-state index is 12.9. The van der Waals surface area contributed by atoms with Crippen molar-refractivity contribution >= 4 is 11.0 Å². The van der Waals surface area contributed by atoms with E-state index < -0.39 is 0 Å². The molecule has 0 N–H and O–H groups in total. The summed E-state index contributed by atoms with van der Waals surface area (Å²) in [7, 11) is 1.94. The van der Waals surface area contributed by atoms with Crippen LogP contribution in [0, 0.1) is 17.1 Å². The molecule has 3 rings (SSSR count). The summed E-state index contributed by atoms with van der Waals surface area (Å²) < 4.78 is 14.9. The zero-order chi connectivity index (χ0) is 14.1. The summed E-state index contributed by atoms with van der Waals surface area (Å²) in [5.41, 5.74) is 3.40. The van der Waals surface area contributed by atoms with Crippen LogP contribution in [-0.4, -0.2) is 9.55 Å². The van der Waals surface area contributed by atoms with E-state index in [1.807, 2.05) is 17.7 Å². The molecule has 1 aromatic heterocycles. The second-order valence-electron chi connectivity index (χ2n) is 4.71. The second kappa shape index (κ2) is 4.78. The van der Waals surface area contributed by atoms with E-state index in [-0.39, 0.29) is 5.82 Å². The number of imidazole rings is 1. The van der Waals surface area contributed by atoms with Crippen molar-refractivity contribution in [3.05, 3.63) is 65.2 Å². The number of benzene rings is 2. The van der Waals surface area contributed by atoms with Crippen LogP contribution in [0.15, 0.2) is 42.5 Å². The highest BCUT2D eigenvalue weighted by Gasteiger charge is 2.09. The fourth-order valence-electron chi connectivity index (χ4n) is 2.26. The quantitative estimate of drug-likeness (QED) is 0.714. The molecule has 0 radical (unpaired) electrons. The van der Waals surface area contributed by atoms with Crippen molar-refractivity contribution in [3.8, 4) is 6.07 Å². The van der Waals surface area contributed by atoms with Crippen LogP contribution < -0.4 is 0 Å². The van der Waals surface area contributed by atoms with Gasteiger partial charge in [0.05, 0.1) is 22.7 Å².